The van der Waals surface area contributed by atoms with Crippen molar-refractivity contribution in [3.05, 3.63) is 99.9 Å². The highest BCUT2D eigenvalue weighted by Gasteiger charge is 2.44. The molecular formula is C25H20FN3O6. The third-order valence-electron chi connectivity index (χ3n) is 5.66. The minimum Gasteiger partial charge on any atom is -0.497 e. The Kier molecular flexibility index (Phi) is 6.54. The van der Waals surface area contributed by atoms with Crippen LogP contribution in [-0.4, -0.2) is 40.7 Å². The van der Waals surface area contributed by atoms with E-state index in [2.05, 4.69) is 0 Å². The number of imide groups is 1. The van der Waals surface area contributed by atoms with Crippen LogP contribution in [0.5, 0.6) is 5.75 Å². The molecule has 35 heavy (non-hydrogen) atoms. The average Bonchev–Trinajstić information content (AvgIpc) is 3.16. The minimum atomic E-state index is -1.15. The number of hydrogen-bond acceptors (Lipinski definition) is 6. The van der Waals surface area contributed by atoms with Crippen molar-refractivity contribution in [2.75, 3.05) is 12.0 Å². The maximum atomic E-state index is 13.5. The molecule has 1 heterocycles. The van der Waals surface area contributed by atoms with E-state index < -0.39 is 34.5 Å². The molecular weight excluding hydrogens is 457 g/mol. The molecule has 3 amide bonds. The Labute approximate surface area is 199 Å². The molecule has 0 spiro atoms. The molecule has 0 aliphatic carbocycles. The normalized spacial score (nSPS) is 15.3. The lowest BCUT2D eigenvalue weighted by Crippen LogP contribution is -2.45. The fraction of sp³-hybridized carbons (Fsp3) is 0.160. The van der Waals surface area contributed by atoms with Gasteiger partial charge in [-0.2, -0.15) is 0 Å². The molecule has 1 unspecified atom stereocenters. The summed E-state index contributed by atoms with van der Waals surface area (Å²) in [6.07, 6.45) is -0.271. The first-order valence-electron chi connectivity index (χ1n) is 10.6. The molecule has 0 N–H and O–H groups in total. The number of amides is 3. The number of rotatable bonds is 7. The number of non-ortho nitro benzene ring substituents is 1. The fourth-order valence-electron chi connectivity index (χ4n) is 3.89. The molecule has 1 fully saturated rings. The molecule has 1 atom stereocenters. The molecule has 178 valence electrons. The highest BCUT2D eigenvalue weighted by molar-refractivity contribution is 6.23. The lowest BCUT2D eigenvalue weighted by Gasteiger charge is -2.28. The number of nitro benzene ring substituents is 1. The summed E-state index contributed by atoms with van der Waals surface area (Å²) in [6.45, 7) is -0.109. The van der Waals surface area contributed by atoms with Crippen molar-refractivity contribution in [1.82, 2.24) is 4.90 Å². The van der Waals surface area contributed by atoms with E-state index in [1.165, 1.54) is 54.5 Å². The number of nitrogens with zero attached hydrogens (tertiary/aromatic N) is 3. The molecule has 9 nitrogen and oxygen atoms in total. The SMILES string of the molecule is COc1ccc(N2C(=O)CC(N(Cc3ccc(F)cc3)C(=O)c3cccc([N+](=O)[O-])c3)C2=O)cc1. The van der Waals surface area contributed by atoms with Crippen LogP contribution in [0.4, 0.5) is 15.8 Å². The number of carbonyl (C=O) groups is 3. The summed E-state index contributed by atoms with van der Waals surface area (Å²) in [7, 11) is 1.49. The number of ether oxygens (including phenoxy) is 1. The zero-order valence-corrected chi connectivity index (χ0v) is 18.6. The largest absolute Gasteiger partial charge is 0.497 e. The number of carbonyl (C=O) groups excluding carboxylic acids is 3. The number of benzene rings is 3. The quantitative estimate of drug-likeness (QED) is 0.291. The summed E-state index contributed by atoms with van der Waals surface area (Å²) in [6, 6.07) is 15.7. The van der Waals surface area contributed by atoms with Crippen LogP contribution in [0, 0.1) is 15.9 Å². The molecule has 0 radical (unpaired) electrons. The van der Waals surface area contributed by atoms with E-state index in [0.29, 0.717) is 17.0 Å². The van der Waals surface area contributed by atoms with Crippen LogP contribution in [0.1, 0.15) is 22.3 Å². The zero-order chi connectivity index (χ0) is 25.1. The van der Waals surface area contributed by atoms with E-state index >= 15 is 0 Å². The molecule has 10 heteroatoms. The standard InChI is InChI=1S/C25H20FN3O6/c1-35-21-11-9-19(10-12-21)28-23(30)14-22(25(28)32)27(15-16-5-7-18(26)8-6-16)24(31)17-3-2-4-20(13-17)29(33)34/h2-13,22H,14-15H2,1H3. The van der Waals surface area contributed by atoms with Gasteiger partial charge in [0.15, 0.2) is 0 Å². The topological polar surface area (TPSA) is 110 Å². The molecule has 3 aromatic carbocycles. The van der Waals surface area contributed by atoms with Crippen molar-refractivity contribution >= 4 is 29.1 Å². The minimum absolute atomic E-state index is 0.00976. The van der Waals surface area contributed by atoms with E-state index in [4.69, 9.17) is 4.74 Å². The first-order valence-corrected chi connectivity index (χ1v) is 10.6. The highest BCUT2D eigenvalue weighted by atomic mass is 19.1. The first kappa shape index (κ1) is 23.6. The Balaban J connectivity index is 1.69. The number of nitro groups is 1. The van der Waals surface area contributed by atoms with Gasteiger partial charge in [0.1, 0.15) is 17.6 Å². The van der Waals surface area contributed by atoms with Crippen molar-refractivity contribution < 1.29 is 28.4 Å². The van der Waals surface area contributed by atoms with Crippen molar-refractivity contribution in [2.24, 2.45) is 0 Å². The Morgan fingerprint density at radius 3 is 2.43 bits per heavy atom. The summed E-state index contributed by atoms with van der Waals surface area (Å²) in [5.74, 6) is -1.70. The predicted octanol–water partition coefficient (Wildman–Crippen LogP) is 3.72. The van der Waals surface area contributed by atoms with E-state index in [9.17, 15) is 28.9 Å². The van der Waals surface area contributed by atoms with Crippen molar-refractivity contribution in [2.45, 2.75) is 19.0 Å². The van der Waals surface area contributed by atoms with Crippen LogP contribution in [0.25, 0.3) is 0 Å². The molecule has 4 rings (SSSR count). The predicted molar refractivity (Wildman–Crippen MR) is 123 cm³/mol. The maximum Gasteiger partial charge on any atom is 0.270 e. The van der Waals surface area contributed by atoms with Gasteiger partial charge in [0, 0.05) is 24.2 Å². The lowest BCUT2D eigenvalue weighted by molar-refractivity contribution is -0.384. The maximum absolute atomic E-state index is 13.5. The Bertz CT molecular complexity index is 1290. The van der Waals surface area contributed by atoms with E-state index in [1.54, 1.807) is 24.3 Å². The summed E-state index contributed by atoms with van der Waals surface area (Å²) < 4.78 is 18.5. The molecule has 3 aromatic rings. The summed E-state index contributed by atoms with van der Waals surface area (Å²) >= 11 is 0. The lowest BCUT2D eigenvalue weighted by atomic mass is 10.1. The smallest absolute Gasteiger partial charge is 0.270 e. The van der Waals surface area contributed by atoms with Gasteiger partial charge in [-0.25, -0.2) is 9.29 Å². The van der Waals surface area contributed by atoms with Gasteiger partial charge in [-0.15, -0.1) is 0 Å². The van der Waals surface area contributed by atoms with Crippen LogP contribution in [0.3, 0.4) is 0 Å². The third kappa shape index (κ3) is 4.86. The highest BCUT2D eigenvalue weighted by Crippen LogP contribution is 2.29. The van der Waals surface area contributed by atoms with Gasteiger partial charge in [0.2, 0.25) is 5.91 Å². The molecule has 0 aromatic heterocycles. The second-order valence-corrected chi connectivity index (χ2v) is 7.85. The molecule has 0 bridgehead atoms. The van der Waals surface area contributed by atoms with Crippen molar-refractivity contribution in [3.63, 3.8) is 0 Å². The van der Waals surface area contributed by atoms with E-state index in [1.807, 2.05) is 0 Å². The van der Waals surface area contributed by atoms with Crippen molar-refractivity contribution in [3.8, 4) is 5.75 Å². The van der Waals surface area contributed by atoms with Gasteiger partial charge in [-0.05, 0) is 48.0 Å². The summed E-state index contributed by atoms with van der Waals surface area (Å²) in [5, 5.41) is 11.2. The second kappa shape index (κ2) is 9.72. The van der Waals surface area contributed by atoms with Crippen molar-refractivity contribution in [1.29, 1.82) is 0 Å². The van der Waals surface area contributed by atoms with Gasteiger partial charge in [0.05, 0.1) is 24.1 Å². The fourth-order valence-corrected chi connectivity index (χ4v) is 3.89. The summed E-state index contributed by atoms with van der Waals surface area (Å²) in [4.78, 5) is 52.5. The molecule has 0 saturated carbocycles. The van der Waals surface area contributed by atoms with Crippen LogP contribution in [0.2, 0.25) is 0 Å². The number of hydrogen-bond donors (Lipinski definition) is 0. The van der Waals surface area contributed by atoms with Crippen LogP contribution in [0.15, 0.2) is 72.8 Å². The van der Waals surface area contributed by atoms with E-state index in [-0.39, 0.29) is 24.2 Å². The Hall–Kier alpha value is -4.60. The monoisotopic (exact) mass is 477 g/mol. The van der Waals surface area contributed by atoms with Gasteiger partial charge in [-0.1, -0.05) is 18.2 Å². The Morgan fingerprint density at radius 1 is 1.11 bits per heavy atom. The van der Waals surface area contributed by atoms with Gasteiger partial charge < -0.3 is 9.64 Å². The van der Waals surface area contributed by atoms with Crippen LogP contribution >= 0.6 is 0 Å². The average molecular weight is 477 g/mol. The first-order chi connectivity index (χ1) is 16.8. The second-order valence-electron chi connectivity index (χ2n) is 7.85. The van der Waals surface area contributed by atoms with Gasteiger partial charge in [-0.3, -0.25) is 24.5 Å². The summed E-state index contributed by atoms with van der Waals surface area (Å²) in [5.41, 5.74) is 0.553. The zero-order valence-electron chi connectivity index (χ0n) is 18.6. The molecule has 1 aliphatic rings. The molecule has 1 aliphatic heterocycles. The van der Waals surface area contributed by atoms with Gasteiger partial charge in [0.25, 0.3) is 17.5 Å². The number of halogens is 1. The third-order valence-corrected chi connectivity index (χ3v) is 5.66. The Morgan fingerprint density at radius 2 is 1.80 bits per heavy atom. The molecule has 1 saturated heterocycles. The number of methoxy groups -OCH3 is 1. The van der Waals surface area contributed by atoms with Crippen LogP contribution < -0.4 is 9.64 Å². The van der Waals surface area contributed by atoms with E-state index in [0.717, 1.165) is 11.0 Å². The van der Waals surface area contributed by atoms with Gasteiger partial charge >= 0.3 is 0 Å². The number of anilines is 1. The van der Waals surface area contributed by atoms with Crippen LogP contribution in [-0.2, 0) is 16.1 Å².